The highest BCUT2D eigenvalue weighted by Gasteiger charge is 2.23. The van der Waals surface area contributed by atoms with Crippen molar-refractivity contribution in [2.24, 2.45) is 0 Å². The molecule has 1 saturated heterocycles. The van der Waals surface area contributed by atoms with Gasteiger partial charge in [-0.1, -0.05) is 11.6 Å². The predicted molar refractivity (Wildman–Crippen MR) is 117 cm³/mol. The summed E-state index contributed by atoms with van der Waals surface area (Å²) in [6, 6.07) is 9.11. The highest BCUT2D eigenvalue weighted by atomic mass is 35.5. The summed E-state index contributed by atoms with van der Waals surface area (Å²) in [6.07, 6.45) is 4.38. The highest BCUT2D eigenvalue weighted by Crippen LogP contribution is 2.14. The molecule has 1 aliphatic heterocycles. The van der Waals surface area contributed by atoms with Crippen LogP contribution in [0.25, 0.3) is 5.69 Å². The molecule has 3 aromatic rings. The van der Waals surface area contributed by atoms with Crippen LogP contribution in [0.1, 0.15) is 22.3 Å². The number of aromatic nitrogens is 2. The van der Waals surface area contributed by atoms with E-state index in [1.165, 1.54) is 11.3 Å². The summed E-state index contributed by atoms with van der Waals surface area (Å²) in [6.45, 7) is 2.73. The van der Waals surface area contributed by atoms with Crippen LogP contribution in [-0.4, -0.2) is 57.7 Å². The molecule has 3 amide bonds. The third kappa shape index (κ3) is 4.83. The fourth-order valence-electron chi connectivity index (χ4n) is 3.37. The number of carbonyl (C=O) groups is 2. The normalized spacial score (nSPS) is 14.4. The number of amides is 3. The summed E-state index contributed by atoms with van der Waals surface area (Å²) >= 11 is 7.44. The molecule has 1 aromatic carbocycles. The lowest BCUT2D eigenvalue weighted by molar-refractivity contribution is 0.0763. The second kappa shape index (κ2) is 9.32. The monoisotopic (exact) mass is 443 g/mol. The van der Waals surface area contributed by atoms with E-state index in [2.05, 4.69) is 10.4 Å². The fraction of sp³-hybridized carbons (Fsp3) is 0.286. The molecular formula is C21H22ClN5O2S. The van der Waals surface area contributed by atoms with Crippen LogP contribution in [0.5, 0.6) is 0 Å². The van der Waals surface area contributed by atoms with Crippen LogP contribution < -0.4 is 5.32 Å². The van der Waals surface area contributed by atoms with Crippen molar-refractivity contribution in [1.29, 1.82) is 0 Å². The van der Waals surface area contributed by atoms with Gasteiger partial charge in [0.1, 0.15) is 0 Å². The molecule has 2 aromatic heterocycles. The largest absolute Gasteiger partial charge is 0.337 e. The Bertz CT molecular complexity index is 1000. The van der Waals surface area contributed by atoms with E-state index < -0.39 is 0 Å². The summed E-state index contributed by atoms with van der Waals surface area (Å²) in [7, 11) is 0. The van der Waals surface area contributed by atoms with Gasteiger partial charge < -0.3 is 15.1 Å². The standard InChI is InChI=1S/C21H22ClN5O2S/c22-18-2-4-19(5-3-18)27-14-16(13-24-27)12-23-21(29)26-8-1-7-25(9-10-26)20(28)17-6-11-30-15-17/h2-6,11,13-15H,1,7-10,12H2,(H,23,29). The van der Waals surface area contributed by atoms with Crippen LogP contribution in [0, 0.1) is 0 Å². The van der Waals surface area contributed by atoms with Crippen LogP contribution in [0.3, 0.4) is 0 Å². The second-order valence-electron chi connectivity index (χ2n) is 7.07. The van der Waals surface area contributed by atoms with Crippen molar-refractivity contribution in [3.63, 3.8) is 0 Å². The molecule has 1 fully saturated rings. The number of hydrogen-bond donors (Lipinski definition) is 1. The van der Waals surface area contributed by atoms with Gasteiger partial charge in [-0.15, -0.1) is 0 Å². The van der Waals surface area contributed by atoms with E-state index >= 15 is 0 Å². The minimum atomic E-state index is -0.126. The third-order valence-corrected chi connectivity index (χ3v) is 5.94. The van der Waals surface area contributed by atoms with Crippen molar-refractivity contribution in [1.82, 2.24) is 24.9 Å². The van der Waals surface area contributed by atoms with Gasteiger partial charge in [-0.25, -0.2) is 9.48 Å². The lowest BCUT2D eigenvalue weighted by Gasteiger charge is -2.22. The smallest absolute Gasteiger partial charge is 0.317 e. The summed E-state index contributed by atoms with van der Waals surface area (Å²) < 4.78 is 1.75. The number of benzene rings is 1. The first-order chi connectivity index (χ1) is 14.6. The van der Waals surface area contributed by atoms with Gasteiger partial charge in [-0.3, -0.25) is 4.79 Å². The lowest BCUT2D eigenvalue weighted by atomic mass is 10.3. The molecule has 1 N–H and O–H groups in total. The minimum absolute atomic E-state index is 0.0353. The Kier molecular flexibility index (Phi) is 6.35. The maximum absolute atomic E-state index is 12.6. The molecule has 156 valence electrons. The van der Waals surface area contributed by atoms with Gasteiger partial charge in [0.15, 0.2) is 0 Å². The number of halogens is 1. The minimum Gasteiger partial charge on any atom is -0.337 e. The lowest BCUT2D eigenvalue weighted by Crippen LogP contribution is -2.42. The Morgan fingerprint density at radius 3 is 2.60 bits per heavy atom. The van der Waals surface area contributed by atoms with E-state index in [1.54, 1.807) is 15.8 Å². The first-order valence-corrected chi connectivity index (χ1v) is 11.1. The first kappa shape index (κ1) is 20.4. The van der Waals surface area contributed by atoms with Crippen molar-refractivity contribution < 1.29 is 9.59 Å². The van der Waals surface area contributed by atoms with Crippen molar-refractivity contribution in [3.05, 3.63) is 69.6 Å². The molecule has 0 spiro atoms. The molecule has 4 rings (SSSR count). The highest BCUT2D eigenvalue weighted by molar-refractivity contribution is 7.08. The van der Waals surface area contributed by atoms with E-state index in [0.717, 1.165) is 23.2 Å². The molecule has 0 saturated carbocycles. The summed E-state index contributed by atoms with van der Waals surface area (Å²) in [5.74, 6) is 0.0353. The number of rotatable bonds is 4. The molecule has 3 heterocycles. The molecule has 0 bridgehead atoms. The molecule has 9 heteroatoms. The van der Waals surface area contributed by atoms with Gasteiger partial charge in [-0.2, -0.15) is 16.4 Å². The van der Waals surface area contributed by atoms with Gasteiger partial charge in [0.05, 0.1) is 17.4 Å². The Labute approximate surface area is 183 Å². The Hall–Kier alpha value is -2.84. The Balaban J connectivity index is 1.29. The van der Waals surface area contributed by atoms with E-state index in [4.69, 9.17) is 11.6 Å². The van der Waals surface area contributed by atoms with Crippen molar-refractivity contribution in [3.8, 4) is 5.69 Å². The van der Waals surface area contributed by atoms with E-state index in [9.17, 15) is 9.59 Å². The molecule has 0 unspecified atom stereocenters. The molecule has 0 aliphatic carbocycles. The number of urea groups is 1. The van der Waals surface area contributed by atoms with Crippen molar-refractivity contribution >= 4 is 34.9 Å². The predicted octanol–water partition coefficient (Wildman–Crippen LogP) is 3.64. The van der Waals surface area contributed by atoms with Gasteiger partial charge in [0.25, 0.3) is 5.91 Å². The molecule has 0 radical (unpaired) electrons. The fourth-order valence-corrected chi connectivity index (χ4v) is 4.12. The Morgan fingerprint density at radius 2 is 1.83 bits per heavy atom. The average Bonchev–Trinajstić information content (AvgIpc) is 3.40. The van der Waals surface area contributed by atoms with Crippen molar-refractivity contribution in [2.45, 2.75) is 13.0 Å². The molecule has 0 atom stereocenters. The SMILES string of the molecule is O=C(NCc1cnn(-c2ccc(Cl)cc2)c1)N1CCCN(C(=O)c2ccsc2)CC1. The van der Waals surface area contributed by atoms with Crippen LogP contribution in [-0.2, 0) is 6.54 Å². The molecular weight excluding hydrogens is 422 g/mol. The molecule has 30 heavy (non-hydrogen) atoms. The van der Waals surface area contributed by atoms with E-state index in [1.807, 2.05) is 52.2 Å². The third-order valence-electron chi connectivity index (χ3n) is 5.01. The van der Waals surface area contributed by atoms with Crippen LogP contribution in [0.4, 0.5) is 4.79 Å². The maximum Gasteiger partial charge on any atom is 0.317 e. The van der Waals surface area contributed by atoms with Gasteiger partial charge in [-0.05, 0) is 42.1 Å². The van der Waals surface area contributed by atoms with Gasteiger partial charge in [0, 0.05) is 54.9 Å². The topological polar surface area (TPSA) is 70.5 Å². The number of hydrogen-bond acceptors (Lipinski definition) is 4. The second-order valence-corrected chi connectivity index (χ2v) is 8.29. The number of nitrogens with one attached hydrogen (secondary N) is 1. The van der Waals surface area contributed by atoms with Crippen LogP contribution >= 0.6 is 22.9 Å². The number of nitrogens with zero attached hydrogens (tertiary/aromatic N) is 4. The van der Waals surface area contributed by atoms with Gasteiger partial charge in [0.2, 0.25) is 0 Å². The van der Waals surface area contributed by atoms with E-state index in [-0.39, 0.29) is 11.9 Å². The number of thiophene rings is 1. The summed E-state index contributed by atoms with van der Waals surface area (Å²) in [5, 5.41) is 11.7. The first-order valence-electron chi connectivity index (χ1n) is 9.74. The zero-order chi connectivity index (χ0) is 20.9. The molecule has 7 nitrogen and oxygen atoms in total. The summed E-state index contributed by atoms with van der Waals surface area (Å²) in [4.78, 5) is 28.7. The zero-order valence-electron chi connectivity index (χ0n) is 16.3. The van der Waals surface area contributed by atoms with Crippen LogP contribution in [0.2, 0.25) is 5.02 Å². The zero-order valence-corrected chi connectivity index (χ0v) is 17.9. The molecule has 1 aliphatic rings. The van der Waals surface area contributed by atoms with E-state index in [0.29, 0.717) is 37.7 Å². The average molecular weight is 444 g/mol. The quantitative estimate of drug-likeness (QED) is 0.669. The van der Waals surface area contributed by atoms with Gasteiger partial charge >= 0.3 is 6.03 Å². The summed E-state index contributed by atoms with van der Waals surface area (Å²) in [5.41, 5.74) is 2.53. The number of carbonyl (C=O) groups excluding carboxylic acids is 2. The van der Waals surface area contributed by atoms with Crippen molar-refractivity contribution in [2.75, 3.05) is 26.2 Å². The van der Waals surface area contributed by atoms with Crippen LogP contribution in [0.15, 0.2) is 53.5 Å². The Morgan fingerprint density at radius 1 is 1.07 bits per heavy atom. The maximum atomic E-state index is 12.6.